The number of nitrogens with zero attached hydrogens (tertiary/aromatic N) is 2. The molecule has 0 bridgehead atoms. The first-order valence-corrected chi connectivity index (χ1v) is 7.79. The quantitative estimate of drug-likeness (QED) is 0.818. The number of hydrogen-bond donors (Lipinski definition) is 1. The highest BCUT2D eigenvalue weighted by Crippen LogP contribution is 2.34. The van der Waals surface area contributed by atoms with Gasteiger partial charge in [-0.1, -0.05) is 37.6 Å². The zero-order valence-electron chi connectivity index (χ0n) is 11.6. The summed E-state index contributed by atoms with van der Waals surface area (Å²) in [6, 6.07) is 7.77. The lowest BCUT2D eigenvalue weighted by Crippen LogP contribution is -2.19. The van der Waals surface area contributed by atoms with Crippen LogP contribution in [0, 0.1) is 5.92 Å². The number of aromatic nitrogens is 2. The topological polar surface area (TPSA) is 37.8 Å². The van der Waals surface area contributed by atoms with Crippen molar-refractivity contribution in [3.8, 4) is 0 Å². The average molecular weight is 308 g/mol. The predicted octanol–water partition coefficient (Wildman–Crippen LogP) is 4.03. The van der Waals surface area contributed by atoms with Gasteiger partial charge in [0.1, 0.15) is 0 Å². The molecule has 3 nitrogen and oxygen atoms in total. The smallest absolute Gasteiger partial charge is 0.192 e. The summed E-state index contributed by atoms with van der Waals surface area (Å²) in [5, 5.41) is 4.90. The molecule has 20 heavy (non-hydrogen) atoms. The monoisotopic (exact) mass is 307 g/mol. The van der Waals surface area contributed by atoms with Gasteiger partial charge in [0.05, 0.1) is 5.02 Å². The van der Waals surface area contributed by atoms with Crippen LogP contribution in [-0.4, -0.2) is 16.5 Å². The third-order valence-electron chi connectivity index (χ3n) is 2.65. The van der Waals surface area contributed by atoms with Gasteiger partial charge >= 0.3 is 0 Å². The van der Waals surface area contributed by atoms with Gasteiger partial charge in [-0.05, 0) is 41.9 Å². The molecule has 0 aliphatic carbocycles. The van der Waals surface area contributed by atoms with Crippen LogP contribution in [0.1, 0.15) is 19.4 Å². The Hall–Kier alpha value is -1.10. The molecule has 1 aromatic carbocycles. The van der Waals surface area contributed by atoms with E-state index in [1.165, 1.54) is 17.3 Å². The minimum atomic E-state index is 0.628. The van der Waals surface area contributed by atoms with E-state index in [0.717, 1.165) is 23.0 Å². The van der Waals surface area contributed by atoms with E-state index >= 15 is 0 Å². The summed E-state index contributed by atoms with van der Waals surface area (Å²) in [5.41, 5.74) is 1.18. The van der Waals surface area contributed by atoms with Crippen LogP contribution < -0.4 is 5.32 Å². The SMILES string of the molecule is CC(C)CNCc1cccc(Cl)c1Sc1ncccn1. The molecule has 0 saturated carbocycles. The molecule has 106 valence electrons. The second-order valence-corrected chi connectivity index (χ2v) is 6.27. The molecule has 0 spiro atoms. The average Bonchev–Trinajstić information content (AvgIpc) is 2.43. The fourth-order valence-corrected chi connectivity index (χ4v) is 2.89. The second kappa shape index (κ2) is 7.62. The molecule has 0 radical (unpaired) electrons. The van der Waals surface area contributed by atoms with Gasteiger partial charge in [-0.3, -0.25) is 0 Å². The van der Waals surface area contributed by atoms with E-state index < -0.39 is 0 Å². The van der Waals surface area contributed by atoms with Crippen molar-refractivity contribution in [3.63, 3.8) is 0 Å². The predicted molar refractivity (Wildman–Crippen MR) is 84.2 cm³/mol. The van der Waals surface area contributed by atoms with Gasteiger partial charge in [-0.15, -0.1) is 0 Å². The van der Waals surface area contributed by atoms with Crippen LogP contribution in [0.2, 0.25) is 5.02 Å². The highest BCUT2D eigenvalue weighted by atomic mass is 35.5. The number of hydrogen-bond acceptors (Lipinski definition) is 4. The molecule has 2 aromatic rings. The third kappa shape index (κ3) is 4.47. The van der Waals surface area contributed by atoms with Crippen molar-refractivity contribution in [2.45, 2.75) is 30.4 Å². The molecule has 2 rings (SSSR count). The zero-order valence-corrected chi connectivity index (χ0v) is 13.2. The summed E-state index contributed by atoms with van der Waals surface area (Å²) in [6.07, 6.45) is 3.48. The standard InChI is InChI=1S/C15H18ClN3S/c1-11(2)9-17-10-12-5-3-6-13(16)14(12)20-15-18-7-4-8-19-15/h3-8,11,17H,9-10H2,1-2H3. The highest BCUT2D eigenvalue weighted by Gasteiger charge is 2.10. The summed E-state index contributed by atoms with van der Waals surface area (Å²) in [4.78, 5) is 9.50. The van der Waals surface area contributed by atoms with E-state index in [1.807, 2.05) is 18.2 Å². The summed E-state index contributed by atoms with van der Waals surface area (Å²) in [6.45, 7) is 6.17. The molecular weight excluding hydrogens is 290 g/mol. The first kappa shape index (κ1) is 15.3. The first-order chi connectivity index (χ1) is 9.66. The fraction of sp³-hybridized carbons (Fsp3) is 0.333. The van der Waals surface area contributed by atoms with Crippen molar-refractivity contribution in [1.29, 1.82) is 0 Å². The lowest BCUT2D eigenvalue weighted by molar-refractivity contribution is 0.550. The molecule has 0 amide bonds. The number of benzene rings is 1. The van der Waals surface area contributed by atoms with Crippen LogP contribution >= 0.6 is 23.4 Å². The Balaban J connectivity index is 2.14. The molecular formula is C15H18ClN3S. The highest BCUT2D eigenvalue weighted by molar-refractivity contribution is 7.99. The molecule has 0 aliphatic heterocycles. The normalized spacial score (nSPS) is 11.0. The summed E-state index contributed by atoms with van der Waals surface area (Å²) >= 11 is 7.82. The molecule has 0 saturated heterocycles. The number of halogens is 1. The van der Waals surface area contributed by atoms with Gasteiger partial charge in [-0.25, -0.2) is 9.97 Å². The van der Waals surface area contributed by atoms with Crippen LogP contribution in [0.5, 0.6) is 0 Å². The molecule has 0 aliphatic rings. The molecule has 0 unspecified atom stereocenters. The van der Waals surface area contributed by atoms with E-state index in [0.29, 0.717) is 11.1 Å². The third-order valence-corrected chi connectivity index (χ3v) is 4.16. The van der Waals surface area contributed by atoms with Crippen molar-refractivity contribution in [3.05, 3.63) is 47.2 Å². The second-order valence-electron chi connectivity index (χ2n) is 4.89. The molecule has 0 atom stereocenters. The first-order valence-electron chi connectivity index (χ1n) is 6.60. The van der Waals surface area contributed by atoms with Crippen LogP contribution in [-0.2, 0) is 6.54 Å². The van der Waals surface area contributed by atoms with Gasteiger partial charge in [-0.2, -0.15) is 0 Å². The van der Waals surface area contributed by atoms with Crippen LogP contribution in [0.3, 0.4) is 0 Å². The van der Waals surface area contributed by atoms with Crippen molar-refractivity contribution in [2.75, 3.05) is 6.54 Å². The van der Waals surface area contributed by atoms with E-state index in [2.05, 4.69) is 35.2 Å². The van der Waals surface area contributed by atoms with E-state index in [-0.39, 0.29) is 0 Å². The summed E-state index contributed by atoms with van der Waals surface area (Å²) < 4.78 is 0. The van der Waals surface area contributed by atoms with Gasteiger partial charge in [0.25, 0.3) is 0 Å². The Morgan fingerprint density at radius 3 is 2.65 bits per heavy atom. The van der Waals surface area contributed by atoms with Crippen molar-refractivity contribution in [2.24, 2.45) is 5.92 Å². The number of nitrogens with one attached hydrogen (secondary N) is 1. The summed E-state index contributed by atoms with van der Waals surface area (Å²) in [7, 11) is 0. The minimum absolute atomic E-state index is 0.628. The van der Waals surface area contributed by atoms with Crippen molar-refractivity contribution >= 4 is 23.4 Å². The molecule has 1 aromatic heterocycles. The maximum absolute atomic E-state index is 6.32. The van der Waals surface area contributed by atoms with Crippen molar-refractivity contribution < 1.29 is 0 Å². The van der Waals surface area contributed by atoms with Gasteiger partial charge in [0.2, 0.25) is 0 Å². The number of rotatable bonds is 6. The van der Waals surface area contributed by atoms with Gasteiger partial charge in [0.15, 0.2) is 5.16 Å². The maximum atomic E-state index is 6.32. The van der Waals surface area contributed by atoms with E-state index in [4.69, 9.17) is 11.6 Å². The van der Waals surface area contributed by atoms with Crippen molar-refractivity contribution in [1.82, 2.24) is 15.3 Å². The minimum Gasteiger partial charge on any atom is -0.312 e. The van der Waals surface area contributed by atoms with Crippen LogP contribution in [0.15, 0.2) is 46.7 Å². The maximum Gasteiger partial charge on any atom is 0.192 e. The Labute approximate surface area is 129 Å². The van der Waals surface area contributed by atoms with Gasteiger partial charge < -0.3 is 5.32 Å². The Kier molecular flexibility index (Phi) is 5.83. The molecule has 5 heteroatoms. The lowest BCUT2D eigenvalue weighted by atomic mass is 10.2. The molecule has 1 heterocycles. The van der Waals surface area contributed by atoms with Gasteiger partial charge in [0, 0.05) is 23.8 Å². The largest absolute Gasteiger partial charge is 0.312 e. The Bertz CT molecular complexity index is 546. The van der Waals surface area contributed by atoms with E-state index in [1.54, 1.807) is 12.4 Å². The molecule has 1 N–H and O–H groups in total. The van der Waals surface area contributed by atoms with Crippen LogP contribution in [0.25, 0.3) is 0 Å². The molecule has 0 fully saturated rings. The fourth-order valence-electron chi connectivity index (χ4n) is 1.73. The zero-order chi connectivity index (χ0) is 14.4. The van der Waals surface area contributed by atoms with Crippen LogP contribution in [0.4, 0.5) is 0 Å². The lowest BCUT2D eigenvalue weighted by Gasteiger charge is -2.12. The Morgan fingerprint density at radius 2 is 1.95 bits per heavy atom. The Morgan fingerprint density at radius 1 is 1.20 bits per heavy atom. The van der Waals surface area contributed by atoms with E-state index in [9.17, 15) is 0 Å². The summed E-state index contributed by atoms with van der Waals surface area (Å²) in [5.74, 6) is 0.628.